The third-order valence-electron chi connectivity index (χ3n) is 4.17. The molecule has 0 aliphatic heterocycles. The van der Waals surface area contributed by atoms with Crippen LogP contribution in [-0.4, -0.2) is 5.11 Å². The van der Waals surface area contributed by atoms with Gasteiger partial charge in [-0.3, -0.25) is 0 Å². The van der Waals surface area contributed by atoms with Crippen LogP contribution in [0.15, 0.2) is 42.5 Å². The van der Waals surface area contributed by atoms with Gasteiger partial charge >= 0.3 is 0 Å². The molecule has 2 aromatic carbocycles. The van der Waals surface area contributed by atoms with Gasteiger partial charge in [0.05, 0.1) is 0 Å². The molecular formula is C19H20OS. The van der Waals surface area contributed by atoms with Gasteiger partial charge in [-0.05, 0) is 30.0 Å². The first-order valence-corrected chi connectivity index (χ1v) is 8.16. The van der Waals surface area contributed by atoms with Gasteiger partial charge in [-0.25, -0.2) is 0 Å². The van der Waals surface area contributed by atoms with Crippen LogP contribution < -0.4 is 0 Å². The molecule has 108 valence electrons. The molecule has 0 aliphatic rings. The van der Waals surface area contributed by atoms with Crippen molar-refractivity contribution in [1.29, 1.82) is 0 Å². The molecule has 0 bridgehead atoms. The molecule has 0 atom stereocenters. The maximum atomic E-state index is 10.3. The molecular weight excluding hydrogens is 276 g/mol. The summed E-state index contributed by atoms with van der Waals surface area (Å²) in [6.45, 7) is 6.61. The van der Waals surface area contributed by atoms with Crippen molar-refractivity contribution in [1.82, 2.24) is 0 Å². The van der Waals surface area contributed by atoms with Gasteiger partial charge in [0, 0.05) is 25.7 Å². The van der Waals surface area contributed by atoms with E-state index in [1.54, 1.807) is 17.4 Å². The summed E-state index contributed by atoms with van der Waals surface area (Å²) < 4.78 is 2.49. The summed E-state index contributed by atoms with van der Waals surface area (Å²) in [5.74, 6) is 0.356. The second-order valence-corrected chi connectivity index (χ2v) is 7.23. The Bertz CT molecular complexity index is 824. The number of fused-ring (bicyclic) bond motifs is 3. The van der Waals surface area contributed by atoms with E-state index in [4.69, 9.17) is 0 Å². The molecule has 1 heterocycles. The Hall–Kier alpha value is -1.80. The minimum atomic E-state index is 0.139. The number of aromatic hydroxyl groups is 1. The zero-order chi connectivity index (χ0) is 15.0. The van der Waals surface area contributed by atoms with Crippen LogP contribution in [0, 0.1) is 5.41 Å². The number of phenols is 1. The van der Waals surface area contributed by atoms with Crippen LogP contribution in [-0.2, 0) is 0 Å². The van der Waals surface area contributed by atoms with Gasteiger partial charge in [0.15, 0.2) is 0 Å². The second kappa shape index (κ2) is 5.19. The first-order valence-electron chi connectivity index (χ1n) is 7.34. The van der Waals surface area contributed by atoms with E-state index in [2.05, 4.69) is 57.2 Å². The smallest absolute Gasteiger partial charge is 0.123 e. The summed E-state index contributed by atoms with van der Waals surface area (Å²) in [4.78, 5) is 0. The van der Waals surface area contributed by atoms with Crippen LogP contribution in [0.5, 0.6) is 5.75 Å². The zero-order valence-electron chi connectivity index (χ0n) is 12.7. The average molecular weight is 296 g/mol. The number of rotatable bonds is 3. The average Bonchev–Trinajstić information content (AvgIpc) is 2.85. The van der Waals surface area contributed by atoms with Crippen molar-refractivity contribution < 1.29 is 5.11 Å². The van der Waals surface area contributed by atoms with E-state index in [0.717, 1.165) is 12.0 Å². The van der Waals surface area contributed by atoms with Crippen molar-refractivity contribution in [3.05, 3.63) is 48.0 Å². The molecule has 1 aromatic heterocycles. The van der Waals surface area contributed by atoms with Crippen molar-refractivity contribution in [2.45, 2.75) is 27.2 Å². The summed E-state index contributed by atoms with van der Waals surface area (Å²) >= 11 is 1.78. The summed E-state index contributed by atoms with van der Waals surface area (Å²) in [7, 11) is 0. The van der Waals surface area contributed by atoms with E-state index in [-0.39, 0.29) is 5.41 Å². The van der Waals surface area contributed by atoms with E-state index in [1.807, 2.05) is 6.07 Å². The Labute approximate surface area is 129 Å². The lowest BCUT2D eigenvalue weighted by Gasteiger charge is -2.17. The maximum absolute atomic E-state index is 10.3. The number of allylic oxidation sites excluding steroid dienone is 1. The van der Waals surface area contributed by atoms with Crippen molar-refractivity contribution in [3.63, 3.8) is 0 Å². The molecule has 3 aromatic rings. The Balaban J connectivity index is 2.28. The SMILES string of the molecule is CCC(C)(C)/C=C/c1c(O)ccc2sc3ccccc3c12. The lowest BCUT2D eigenvalue weighted by atomic mass is 9.89. The van der Waals surface area contributed by atoms with Crippen LogP contribution in [0.25, 0.3) is 26.2 Å². The number of phenolic OH excluding ortho intramolecular Hbond substituents is 1. The van der Waals surface area contributed by atoms with E-state index in [1.165, 1.54) is 20.2 Å². The third-order valence-corrected chi connectivity index (χ3v) is 5.31. The number of thiophene rings is 1. The second-order valence-electron chi connectivity index (χ2n) is 6.15. The largest absolute Gasteiger partial charge is 0.507 e. The maximum Gasteiger partial charge on any atom is 0.123 e. The van der Waals surface area contributed by atoms with Crippen LogP contribution in [0.3, 0.4) is 0 Å². The molecule has 0 unspecified atom stereocenters. The topological polar surface area (TPSA) is 20.2 Å². The molecule has 1 N–H and O–H groups in total. The number of hydrogen-bond acceptors (Lipinski definition) is 2. The highest BCUT2D eigenvalue weighted by Crippen LogP contribution is 2.40. The fraction of sp³-hybridized carbons (Fsp3) is 0.263. The predicted octanol–water partition coefficient (Wildman–Crippen LogP) is 6.21. The number of benzene rings is 2. The van der Waals surface area contributed by atoms with Crippen LogP contribution in [0.2, 0.25) is 0 Å². The highest BCUT2D eigenvalue weighted by Gasteiger charge is 2.14. The Morgan fingerprint density at radius 1 is 1.10 bits per heavy atom. The summed E-state index contributed by atoms with van der Waals surface area (Å²) in [6, 6.07) is 12.2. The fourth-order valence-electron chi connectivity index (χ4n) is 2.43. The van der Waals surface area contributed by atoms with E-state index in [9.17, 15) is 5.11 Å². The molecule has 21 heavy (non-hydrogen) atoms. The van der Waals surface area contributed by atoms with Gasteiger partial charge in [-0.2, -0.15) is 0 Å². The molecule has 3 rings (SSSR count). The lowest BCUT2D eigenvalue weighted by molar-refractivity contribution is 0.463. The van der Waals surface area contributed by atoms with Crippen molar-refractivity contribution in [3.8, 4) is 5.75 Å². The minimum absolute atomic E-state index is 0.139. The van der Waals surface area contributed by atoms with Crippen molar-refractivity contribution in [2.75, 3.05) is 0 Å². The molecule has 0 saturated heterocycles. The van der Waals surface area contributed by atoms with Crippen LogP contribution in [0.1, 0.15) is 32.8 Å². The van der Waals surface area contributed by atoms with Crippen LogP contribution >= 0.6 is 11.3 Å². The summed E-state index contributed by atoms with van der Waals surface area (Å²) in [5, 5.41) is 12.7. The van der Waals surface area contributed by atoms with Gasteiger partial charge in [-0.1, -0.05) is 51.1 Å². The highest BCUT2D eigenvalue weighted by molar-refractivity contribution is 7.25. The molecule has 2 heteroatoms. The van der Waals surface area contributed by atoms with E-state index in [0.29, 0.717) is 5.75 Å². The quantitative estimate of drug-likeness (QED) is 0.609. The first kappa shape index (κ1) is 14.2. The standard InChI is InChI=1S/C19H20OS/c1-4-19(2,3)12-11-13-15(20)9-10-17-18(13)14-7-5-6-8-16(14)21-17/h5-12,20H,4H2,1-3H3/b12-11+. The molecule has 0 fully saturated rings. The van der Waals surface area contributed by atoms with Crippen molar-refractivity contribution >= 4 is 37.6 Å². The van der Waals surface area contributed by atoms with E-state index < -0.39 is 0 Å². The number of hydrogen-bond donors (Lipinski definition) is 1. The summed E-state index contributed by atoms with van der Waals surface area (Å²) in [6.07, 6.45) is 5.36. The zero-order valence-corrected chi connectivity index (χ0v) is 13.5. The van der Waals surface area contributed by atoms with Crippen LogP contribution in [0.4, 0.5) is 0 Å². The predicted molar refractivity (Wildman–Crippen MR) is 94.1 cm³/mol. The Kier molecular flexibility index (Phi) is 3.50. The highest BCUT2D eigenvalue weighted by atomic mass is 32.1. The lowest BCUT2D eigenvalue weighted by Crippen LogP contribution is -2.03. The minimum Gasteiger partial charge on any atom is -0.507 e. The first-order chi connectivity index (χ1) is 10.0. The Morgan fingerprint density at radius 3 is 2.62 bits per heavy atom. The molecule has 0 spiro atoms. The summed E-state index contributed by atoms with van der Waals surface area (Å²) in [5.41, 5.74) is 1.08. The molecule has 0 amide bonds. The van der Waals surface area contributed by atoms with Crippen molar-refractivity contribution in [2.24, 2.45) is 5.41 Å². The monoisotopic (exact) mass is 296 g/mol. The van der Waals surface area contributed by atoms with Gasteiger partial charge < -0.3 is 5.11 Å². The molecule has 1 nitrogen and oxygen atoms in total. The van der Waals surface area contributed by atoms with Gasteiger partial charge in [0.2, 0.25) is 0 Å². The third kappa shape index (κ3) is 2.56. The molecule has 0 saturated carbocycles. The molecule has 0 radical (unpaired) electrons. The van der Waals surface area contributed by atoms with Gasteiger partial charge in [0.25, 0.3) is 0 Å². The van der Waals surface area contributed by atoms with Gasteiger partial charge in [0.1, 0.15) is 5.75 Å². The van der Waals surface area contributed by atoms with Gasteiger partial charge in [-0.15, -0.1) is 11.3 Å². The molecule has 0 aliphatic carbocycles. The Morgan fingerprint density at radius 2 is 1.86 bits per heavy atom. The normalized spacial score (nSPS) is 12.7. The fourth-order valence-corrected chi connectivity index (χ4v) is 3.55. The van der Waals surface area contributed by atoms with E-state index >= 15 is 0 Å².